The normalized spacial score (nSPS) is 26.6. The molecule has 1 amide bonds. The van der Waals surface area contributed by atoms with Crippen molar-refractivity contribution in [1.82, 2.24) is 4.90 Å². The highest BCUT2D eigenvalue weighted by Gasteiger charge is 2.43. The van der Waals surface area contributed by atoms with Gasteiger partial charge >= 0.3 is 0 Å². The van der Waals surface area contributed by atoms with Crippen LogP contribution in [-0.4, -0.2) is 47.8 Å². The maximum atomic E-state index is 11.7. The monoisotopic (exact) mass is 391 g/mol. The third-order valence-electron chi connectivity index (χ3n) is 6.55. The first-order chi connectivity index (χ1) is 13.5. The van der Waals surface area contributed by atoms with Crippen molar-refractivity contribution in [2.24, 2.45) is 17.8 Å². The molecule has 0 heterocycles. The summed E-state index contributed by atoms with van der Waals surface area (Å²) in [7, 11) is 3.64. The number of aliphatic hydroxyl groups is 2. The van der Waals surface area contributed by atoms with E-state index in [-0.39, 0.29) is 12.0 Å². The smallest absolute Gasteiger partial charge is 0.222 e. The fraction of sp³-hybridized carbons (Fsp3) is 0.792. The molecule has 0 aromatic rings. The molecule has 2 aliphatic carbocycles. The van der Waals surface area contributed by atoms with Crippen LogP contribution in [0.3, 0.4) is 0 Å². The maximum Gasteiger partial charge on any atom is 0.222 e. The van der Waals surface area contributed by atoms with Crippen LogP contribution in [0.4, 0.5) is 0 Å². The number of hydrogen-bond acceptors (Lipinski definition) is 3. The van der Waals surface area contributed by atoms with E-state index in [1.807, 2.05) is 14.1 Å². The lowest BCUT2D eigenvalue weighted by molar-refractivity contribution is -0.128. The summed E-state index contributed by atoms with van der Waals surface area (Å²) in [6, 6.07) is 0. The van der Waals surface area contributed by atoms with Crippen LogP contribution in [0.15, 0.2) is 23.8 Å². The van der Waals surface area contributed by atoms with Crippen molar-refractivity contribution in [3.8, 4) is 0 Å². The molecular formula is C24H41NO3. The Balaban J connectivity index is 1.65. The Morgan fingerprint density at radius 2 is 1.93 bits per heavy atom. The van der Waals surface area contributed by atoms with E-state index in [0.717, 1.165) is 57.8 Å². The first kappa shape index (κ1) is 23.2. The number of aliphatic hydroxyl groups excluding tert-OH is 2. The number of hydrogen-bond donors (Lipinski definition) is 2. The minimum Gasteiger partial charge on any atom is -0.396 e. The average Bonchev–Trinajstić information content (AvgIpc) is 3.17. The summed E-state index contributed by atoms with van der Waals surface area (Å²) in [4.78, 5) is 13.3. The lowest BCUT2D eigenvalue weighted by Crippen LogP contribution is -2.21. The van der Waals surface area contributed by atoms with Gasteiger partial charge in [0, 0.05) is 27.1 Å². The molecule has 4 nitrogen and oxygen atoms in total. The van der Waals surface area contributed by atoms with Crippen LogP contribution in [-0.2, 0) is 4.79 Å². The summed E-state index contributed by atoms with van der Waals surface area (Å²) < 4.78 is 0. The van der Waals surface area contributed by atoms with Crippen molar-refractivity contribution in [2.75, 3.05) is 20.7 Å². The van der Waals surface area contributed by atoms with Gasteiger partial charge in [-0.15, -0.1) is 0 Å². The fourth-order valence-corrected chi connectivity index (χ4v) is 4.87. The molecule has 0 saturated heterocycles. The van der Waals surface area contributed by atoms with Gasteiger partial charge in [-0.3, -0.25) is 4.79 Å². The van der Waals surface area contributed by atoms with E-state index in [2.05, 4.69) is 18.2 Å². The molecular weight excluding hydrogens is 350 g/mol. The first-order valence-electron chi connectivity index (χ1n) is 11.4. The van der Waals surface area contributed by atoms with Gasteiger partial charge in [0.25, 0.3) is 0 Å². The largest absolute Gasteiger partial charge is 0.396 e. The maximum absolute atomic E-state index is 11.7. The second kappa shape index (κ2) is 12.4. The summed E-state index contributed by atoms with van der Waals surface area (Å²) in [6.45, 7) is 0.308. The number of nitrogens with zero attached hydrogens (tertiary/aromatic N) is 1. The third-order valence-corrected chi connectivity index (χ3v) is 6.55. The van der Waals surface area contributed by atoms with Crippen LogP contribution in [0, 0.1) is 17.8 Å². The number of carbonyl (C=O) groups is 1. The number of unbranched alkanes of at least 4 members (excludes halogenated alkanes) is 5. The molecule has 1 fully saturated rings. The predicted molar refractivity (Wildman–Crippen MR) is 115 cm³/mol. The lowest BCUT2D eigenvalue weighted by atomic mass is 9.86. The zero-order valence-electron chi connectivity index (χ0n) is 18.0. The predicted octanol–water partition coefficient (Wildman–Crippen LogP) is 4.47. The van der Waals surface area contributed by atoms with Crippen LogP contribution in [0.25, 0.3) is 0 Å². The molecule has 0 radical (unpaired) electrons. The van der Waals surface area contributed by atoms with Crippen molar-refractivity contribution in [3.63, 3.8) is 0 Å². The summed E-state index contributed by atoms with van der Waals surface area (Å²) >= 11 is 0. The van der Waals surface area contributed by atoms with Crippen molar-refractivity contribution in [2.45, 2.75) is 83.2 Å². The fourth-order valence-electron chi connectivity index (χ4n) is 4.87. The van der Waals surface area contributed by atoms with Gasteiger partial charge in [0.2, 0.25) is 5.91 Å². The van der Waals surface area contributed by atoms with E-state index in [1.165, 1.54) is 12.8 Å². The second-order valence-corrected chi connectivity index (χ2v) is 8.95. The molecule has 2 aliphatic rings. The Kier molecular flexibility index (Phi) is 10.3. The van der Waals surface area contributed by atoms with Crippen molar-refractivity contribution in [1.29, 1.82) is 0 Å². The first-order valence-corrected chi connectivity index (χ1v) is 11.4. The van der Waals surface area contributed by atoms with Gasteiger partial charge in [0.1, 0.15) is 0 Å². The molecule has 0 bridgehead atoms. The van der Waals surface area contributed by atoms with Gasteiger partial charge in [-0.1, -0.05) is 36.6 Å². The second-order valence-electron chi connectivity index (χ2n) is 8.95. The molecule has 0 spiro atoms. The van der Waals surface area contributed by atoms with Crippen LogP contribution < -0.4 is 0 Å². The highest BCUT2D eigenvalue weighted by atomic mass is 16.3. The topological polar surface area (TPSA) is 60.8 Å². The minimum atomic E-state index is -0.153. The molecule has 0 unspecified atom stereocenters. The standard InChI is InChI=1S/C24H41NO3/c1-25(2)24(28)14-10-9-12-19-16-20-18-23(27)21(22(20)17-19)13-8-6-4-3-5-7-11-15-26/h6,8,16,20-23,26-27H,3-5,7,9-15,17-18H2,1-2H3/b8-6+/t20-,21-,22+,23-/m1/s1. The van der Waals surface area contributed by atoms with Gasteiger partial charge < -0.3 is 15.1 Å². The van der Waals surface area contributed by atoms with E-state index in [9.17, 15) is 9.90 Å². The Labute approximate surface area is 171 Å². The molecule has 2 rings (SSSR count). The van der Waals surface area contributed by atoms with Crippen LogP contribution in [0.2, 0.25) is 0 Å². The van der Waals surface area contributed by atoms with Gasteiger partial charge in [-0.2, -0.15) is 0 Å². The Hall–Kier alpha value is -1.13. The number of fused-ring (bicyclic) bond motifs is 1. The summed E-state index contributed by atoms with van der Waals surface area (Å²) in [6.07, 6.45) is 19.3. The van der Waals surface area contributed by atoms with Crippen molar-refractivity contribution < 1.29 is 15.0 Å². The highest BCUT2D eigenvalue weighted by Crippen LogP contribution is 2.49. The molecule has 0 aromatic heterocycles. The Morgan fingerprint density at radius 1 is 1.14 bits per heavy atom. The number of allylic oxidation sites excluding steroid dienone is 4. The molecule has 28 heavy (non-hydrogen) atoms. The molecule has 4 atom stereocenters. The van der Waals surface area contributed by atoms with E-state index in [1.54, 1.807) is 10.5 Å². The quantitative estimate of drug-likeness (QED) is 0.360. The van der Waals surface area contributed by atoms with Crippen LogP contribution in [0.5, 0.6) is 0 Å². The zero-order chi connectivity index (χ0) is 20.4. The van der Waals surface area contributed by atoms with E-state index >= 15 is 0 Å². The van der Waals surface area contributed by atoms with E-state index in [4.69, 9.17) is 5.11 Å². The van der Waals surface area contributed by atoms with Gasteiger partial charge in [0.15, 0.2) is 0 Å². The summed E-state index contributed by atoms with van der Waals surface area (Å²) in [5.41, 5.74) is 1.55. The van der Waals surface area contributed by atoms with E-state index < -0.39 is 0 Å². The number of amides is 1. The molecule has 2 N–H and O–H groups in total. The van der Waals surface area contributed by atoms with Gasteiger partial charge in [-0.05, 0) is 75.5 Å². The lowest BCUT2D eigenvalue weighted by Gasteiger charge is -2.20. The zero-order valence-corrected chi connectivity index (χ0v) is 18.0. The Morgan fingerprint density at radius 3 is 2.68 bits per heavy atom. The molecule has 1 saturated carbocycles. The molecule has 0 aromatic carbocycles. The van der Waals surface area contributed by atoms with Crippen LogP contribution >= 0.6 is 0 Å². The van der Waals surface area contributed by atoms with E-state index in [0.29, 0.717) is 30.8 Å². The number of rotatable bonds is 13. The Bertz CT molecular complexity index is 526. The van der Waals surface area contributed by atoms with Crippen molar-refractivity contribution >= 4 is 5.91 Å². The highest BCUT2D eigenvalue weighted by molar-refractivity contribution is 5.75. The minimum absolute atomic E-state index is 0.153. The van der Waals surface area contributed by atoms with Crippen LogP contribution in [0.1, 0.15) is 77.0 Å². The SMILES string of the molecule is CN(C)C(=O)CCCCC1=C[C@@H]2C[C@@H](O)[C@H](C/C=C/CCCCCCO)[C@H]2C1. The molecule has 4 heteroatoms. The molecule has 0 aliphatic heterocycles. The number of carbonyl (C=O) groups excluding carboxylic acids is 1. The van der Waals surface area contributed by atoms with Gasteiger partial charge in [0.05, 0.1) is 6.10 Å². The van der Waals surface area contributed by atoms with Gasteiger partial charge in [-0.25, -0.2) is 0 Å². The van der Waals surface area contributed by atoms with Crippen molar-refractivity contribution in [3.05, 3.63) is 23.8 Å². The summed E-state index contributed by atoms with van der Waals surface area (Å²) in [5.74, 6) is 1.80. The molecule has 160 valence electrons. The third kappa shape index (κ3) is 7.36. The summed E-state index contributed by atoms with van der Waals surface area (Å²) in [5, 5.41) is 19.3. The average molecular weight is 392 g/mol.